The van der Waals surface area contributed by atoms with Gasteiger partial charge < -0.3 is 10.6 Å². The average molecular weight is 340 g/mol. The first-order chi connectivity index (χ1) is 11.1. The van der Waals surface area contributed by atoms with Gasteiger partial charge in [-0.25, -0.2) is 9.18 Å². The molecular weight excluding hydrogens is 324 g/mol. The van der Waals surface area contributed by atoms with Crippen LogP contribution in [0.3, 0.4) is 0 Å². The molecule has 3 nitrogen and oxygen atoms in total. The van der Waals surface area contributed by atoms with Gasteiger partial charge in [-0.05, 0) is 49.2 Å². The van der Waals surface area contributed by atoms with Gasteiger partial charge in [-0.15, -0.1) is 0 Å². The van der Waals surface area contributed by atoms with Crippen molar-refractivity contribution in [3.05, 3.63) is 64.5 Å². The Bertz CT molecular complexity index is 757. The van der Waals surface area contributed by atoms with Gasteiger partial charge in [0.25, 0.3) is 0 Å². The van der Waals surface area contributed by atoms with E-state index in [-0.39, 0.29) is 12.1 Å². The quantitative estimate of drug-likeness (QED) is 0.776. The lowest BCUT2D eigenvalue weighted by molar-refractivity contribution is -0.137. The van der Waals surface area contributed by atoms with Crippen LogP contribution < -0.4 is 10.6 Å². The van der Waals surface area contributed by atoms with Crippen LogP contribution >= 0.6 is 0 Å². The summed E-state index contributed by atoms with van der Waals surface area (Å²) in [5.41, 5.74) is 1.42. The highest BCUT2D eigenvalue weighted by molar-refractivity contribution is 5.90. The van der Waals surface area contributed by atoms with Crippen LogP contribution in [0.4, 0.5) is 28.0 Å². The van der Waals surface area contributed by atoms with Gasteiger partial charge >= 0.3 is 12.2 Å². The molecule has 24 heavy (non-hydrogen) atoms. The Balaban J connectivity index is 2.02. The highest BCUT2D eigenvalue weighted by Gasteiger charge is 2.31. The smallest absolute Gasteiger partial charge is 0.334 e. The van der Waals surface area contributed by atoms with Crippen molar-refractivity contribution in [1.29, 1.82) is 0 Å². The molecule has 0 aromatic heterocycles. The molecule has 128 valence electrons. The van der Waals surface area contributed by atoms with E-state index in [1.54, 1.807) is 6.07 Å². The maximum Gasteiger partial charge on any atom is 0.416 e. The van der Waals surface area contributed by atoms with E-state index in [1.165, 1.54) is 0 Å². The largest absolute Gasteiger partial charge is 0.416 e. The number of alkyl halides is 3. The number of amides is 2. The van der Waals surface area contributed by atoms with E-state index in [4.69, 9.17) is 0 Å². The van der Waals surface area contributed by atoms with E-state index < -0.39 is 23.6 Å². The standard InChI is InChI=1S/C17H16F4N2O/c1-10-3-4-15(11(2)5-10)23-16(24)22-9-12-6-13(17(19,20)21)8-14(18)7-12/h3-8H,9H2,1-2H3,(H2,22,23,24). The second-order valence-electron chi connectivity index (χ2n) is 5.47. The first-order valence-electron chi connectivity index (χ1n) is 7.14. The van der Waals surface area contributed by atoms with E-state index in [0.29, 0.717) is 11.8 Å². The summed E-state index contributed by atoms with van der Waals surface area (Å²) < 4.78 is 51.2. The molecule has 0 aliphatic carbocycles. The third kappa shape index (κ3) is 4.71. The highest BCUT2D eigenvalue weighted by Crippen LogP contribution is 2.30. The molecular formula is C17H16F4N2O. The molecule has 0 saturated heterocycles. The second-order valence-corrected chi connectivity index (χ2v) is 5.47. The molecule has 2 aromatic rings. The number of nitrogens with one attached hydrogen (secondary N) is 2. The molecule has 0 radical (unpaired) electrons. The van der Waals surface area contributed by atoms with E-state index in [2.05, 4.69) is 10.6 Å². The number of urea groups is 1. The summed E-state index contributed by atoms with van der Waals surface area (Å²) in [7, 11) is 0. The van der Waals surface area contributed by atoms with Crippen molar-refractivity contribution in [3.63, 3.8) is 0 Å². The number of benzene rings is 2. The zero-order valence-electron chi connectivity index (χ0n) is 13.1. The Kier molecular flexibility index (Phi) is 5.11. The van der Waals surface area contributed by atoms with Gasteiger partial charge in [0.15, 0.2) is 0 Å². The Morgan fingerprint density at radius 3 is 2.42 bits per heavy atom. The first-order valence-corrected chi connectivity index (χ1v) is 7.14. The molecule has 0 atom stereocenters. The van der Waals surface area contributed by atoms with Gasteiger partial charge in [-0.3, -0.25) is 0 Å². The summed E-state index contributed by atoms with van der Waals surface area (Å²) >= 11 is 0. The van der Waals surface area contributed by atoms with Crippen molar-refractivity contribution < 1.29 is 22.4 Å². The molecule has 2 N–H and O–H groups in total. The molecule has 0 fully saturated rings. The lowest BCUT2D eigenvalue weighted by atomic mass is 10.1. The van der Waals surface area contributed by atoms with E-state index in [9.17, 15) is 22.4 Å². The van der Waals surface area contributed by atoms with Crippen molar-refractivity contribution in [1.82, 2.24) is 5.32 Å². The second kappa shape index (κ2) is 6.90. The third-order valence-corrected chi connectivity index (χ3v) is 3.37. The number of carbonyl (C=O) groups excluding carboxylic acids is 1. The van der Waals surface area contributed by atoms with Crippen LogP contribution in [0.2, 0.25) is 0 Å². The normalized spacial score (nSPS) is 11.2. The van der Waals surface area contributed by atoms with Crippen molar-refractivity contribution >= 4 is 11.7 Å². The van der Waals surface area contributed by atoms with Crippen LogP contribution in [0, 0.1) is 19.7 Å². The zero-order valence-corrected chi connectivity index (χ0v) is 13.1. The van der Waals surface area contributed by atoms with Crippen molar-refractivity contribution in [2.45, 2.75) is 26.6 Å². The van der Waals surface area contributed by atoms with Crippen LogP contribution in [0.5, 0.6) is 0 Å². The van der Waals surface area contributed by atoms with Crippen LogP contribution in [0.25, 0.3) is 0 Å². The number of halogens is 4. The number of carbonyl (C=O) groups is 1. The van der Waals surface area contributed by atoms with Gasteiger partial charge in [0.2, 0.25) is 0 Å². The van der Waals surface area contributed by atoms with Gasteiger partial charge in [0, 0.05) is 12.2 Å². The number of hydrogen-bond acceptors (Lipinski definition) is 1. The summed E-state index contributed by atoms with van der Waals surface area (Å²) in [5, 5.41) is 5.01. The fourth-order valence-corrected chi connectivity index (χ4v) is 2.22. The van der Waals surface area contributed by atoms with Gasteiger partial charge in [0.1, 0.15) is 5.82 Å². The lowest BCUT2D eigenvalue weighted by Gasteiger charge is -2.12. The topological polar surface area (TPSA) is 41.1 Å². The highest BCUT2D eigenvalue weighted by atomic mass is 19.4. The summed E-state index contributed by atoms with van der Waals surface area (Å²) in [6.45, 7) is 3.52. The number of anilines is 1. The zero-order chi connectivity index (χ0) is 17.9. The molecule has 0 heterocycles. The minimum Gasteiger partial charge on any atom is -0.334 e. The maximum atomic E-state index is 13.3. The van der Waals surface area contributed by atoms with E-state index in [0.717, 1.165) is 23.3 Å². The lowest BCUT2D eigenvalue weighted by Crippen LogP contribution is -2.28. The Morgan fingerprint density at radius 1 is 1.08 bits per heavy atom. The summed E-state index contributed by atoms with van der Waals surface area (Å²) in [6.07, 6.45) is -4.64. The minimum atomic E-state index is -4.64. The molecule has 0 bridgehead atoms. The van der Waals surface area contributed by atoms with Gasteiger partial charge in [-0.1, -0.05) is 17.7 Å². The van der Waals surface area contributed by atoms with Crippen molar-refractivity contribution in [2.75, 3.05) is 5.32 Å². The predicted octanol–water partition coefficient (Wildman–Crippen LogP) is 4.78. The molecule has 0 saturated carbocycles. The van der Waals surface area contributed by atoms with Crippen LogP contribution in [-0.4, -0.2) is 6.03 Å². The monoisotopic (exact) mass is 340 g/mol. The molecule has 0 unspecified atom stereocenters. The molecule has 2 aromatic carbocycles. The van der Waals surface area contributed by atoms with Crippen LogP contribution in [-0.2, 0) is 12.7 Å². The first kappa shape index (κ1) is 17.8. The molecule has 0 aliphatic rings. The van der Waals surface area contributed by atoms with Crippen LogP contribution in [0.15, 0.2) is 36.4 Å². The molecule has 0 aliphatic heterocycles. The summed E-state index contributed by atoms with van der Waals surface area (Å²) in [6, 6.07) is 7.03. The van der Waals surface area contributed by atoms with Crippen LogP contribution in [0.1, 0.15) is 22.3 Å². The Morgan fingerprint density at radius 2 is 1.79 bits per heavy atom. The molecule has 2 amide bonds. The maximum absolute atomic E-state index is 13.3. The van der Waals surface area contributed by atoms with E-state index in [1.807, 2.05) is 26.0 Å². The number of rotatable bonds is 3. The Labute approximate surface area is 136 Å². The van der Waals surface area contributed by atoms with E-state index >= 15 is 0 Å². The average Bonchev–Trinajstić information content (AvgIpc) is 2.47. The number of hydrogen-bond donors (Lipinski definition) is 2. The third-order valence-electron chi connectivity index (χ3n) is 3.37. The van der Waals surface area contributed by atoms with Crippen molar-refractivity contribution in [3.8, 4) is 0 Å². The predicted molar refractivity (Wildman–Crippen MR) is 83.2 cm³/mol. The fraction of sp³-hybridized carbons (Fsp3) is 0.235. The summed E-state index contributed by atoms with van der Waals surface area (Å²) in [5.74, 6) is -1.00. The van der Waals surface area contributed by atoms with Gasteiger partial charge in [-0.2, -0.15) is 13.2 Å². The molecule has 0 spiro atoms. The van der Waals surface area contributed by atoms with Gasteiger partial charge in [0.05, 0.1) is 5.56 Å². The Hall–Kier alpha value is -2.57. The fourth-order valence-electron chi connectivity index (χ4n) is 2.22. The SMILES string of the molecule is Cc1ccc(NC(=O)NCc2cc(F)cc(C(F)(F)F)c2)c(C)c1. The van der Waals surface area contributed by atoms with Crippen molar-refractivity contribution in [2.24, 2.45) is 0 Å². The minimum absolute atomic E-state index is 0.0260. The molecule has 7 heteroatoms. The molecule has 2 rings (SSSR count). The number of aryl methyl sites for hydroxylation is 2. The summed E-state index contributed by atoms with van der Waals surface area (Å²) in [4.78, 5) is 11.9.